The lowest BCUT2D eigenvalue weighted by molar-refractivity contribution is -0.207. The molecule has 14 heteroatoms. The fourth-order valence-electron chi connectivity index (χ4n) is 5.28. The predicted octanol–water partition coefficient (Wildman–Crippen LogP) is 4.24. The molecule has 2 unspecified atom stereocenters. The molecule has 0 radical (unpaired) electrons. The first-order valence-electron chi connectivity index (χ1n) is 15.2. The van der Waals surface area contributed by atoms with Gasteiger partial charge >= 0.3 is 35.8 Å². The molecule has 0 saturated heterocycles. The second-order valence-corrected chi connectivity index (χ2v) is 11.3. The molecule has 0 bridgehead atoms. The van der Waals surface area contributed by atoms with Crippen molar-refractivity contribution in [2.45, 2.75) is 141 Å². The molecule has 14 nitrogen and oxygen atoms in total. The largest absolute Gasteiger partial charge is 0.481 e. The minimum atomic E-state index is -2.87. The Morgan fingerprint density at radius 3 is 1.18 bits per heavy atom. The van der Waals surface area contributed by atoms with E-state index in [0.29, 0.717) is 38.5 Å². The van der Waals surface area contributed by atoms with Gasteiger partial charge in [0.2, 0.25) is 0 Å². The third-order valence-corrected chi connectivity index (χ3v) is 7.81. The average molecular weight is 637 g/mol. The summed E-state index contributed by atoms with van der Waals surface area (Å²) in [6, 6.07) is 0. The van der Waals surface area contributed by atoms with E-state index in [4.69, 9.17) is 20.4 Å². The molecule has 256 valence electrons. The van der Waals surface area contributed by atoms with Crippen LogP contribution in [0.15, 0.2) is 0 Å². The molecule has 0 amide bonds. The fourth-order valence-corrected chi connectivity index (χ4v) is 5.28. The third kappa shape index (κ3) is 13.6. The van der Waals surface area contributed by atoms with Crippen LogP contribution in [0.2, 0.25) is 0 Å². The van der Waals surface area contributed by atoms with Crippen LogP contribution >= 0.6 is 0 Å². The molecule has 0 spiro atoms. The number of aliphatic carboxylic acids is 6. The van der Waals surface area contributed by atoms with E-state index in [0.717, 1.165) is 38.5 Å². The second-order valence-electron chi connectivity index (χ2n) is 11.3. The van der Waals surface area contributed by atoms with Crippen molar-refractivity contribution in [1.82, 2.24) is 0 Å². The topological polar surface area (TPSA) is 264 Å². The summed E-state index contributed by atoms with van der Waals surface area (Å²) >= 11 is 0. The maximum atomic E-state index is 12.6. The van der Waals surface area contributed by atoms with Crippen LogP contribution in [0.5, 0.6) is 0 Å². The van der Waals surface area contributed by atoms with Crippen LogP contribution in [0, 0.1) is 11.3 Å². The normalized spacial score (nSPS) is 13.6. The zero-order valence-electron chi connectivity index (χ0n) is 26.1. The molecular formula is C30H52O14. The Bertz CT molecular complexity index is 903. The molecule has 0 aliphatic rings. The molecule has 0 aromatic heterocycles. The predicted molar refractivity (Wildman–Crippen MR) is 157 cm³/mol. The van der Waals surface area contributed by atoms with E-state index >= 15 is 0 Å². The zero-order valence-corrected chi connectivity index (χ0v) is 26.1. The molecule has 0 aromatic carbocycles. The van der Waals surface area contributed by atoms with Gasteiger partial charge < -0.3 is 40.9 Å². The molecule has 0 heterocycles. The van der Waals surface area contributed by atoms with Crippen molar-refractivity contribution < 1.29 is 69.6 Å². The van der Waals surface area contributed by atoms with Gasteiger partial charge in [0.1, 0.15) is 5.41 Å². The lowest BCUT2D eigenvalue weighted by atomic mass is 9.59. The van der Waals surface area contributed by atoms with E-state index in [2.05, 4.69) is 0 Å². The summed E-state index contributed by atoms with van der Waals surface area (Å²) in [5.41, 5.74) is -7.64. The monoisotopic (exact) mass is 636 g/mol. The van der Waals surface area contributed by atoms with Crippen LogP contribution in [0.1, 0.15) is 130 Å². The van der Waals surface area contributed by atoms with Crippen LogP contribution in [0.3, 0.4) is 0 Å². The highest BCUT2D eigenvalue weighted by Gasteiger charge is 2.65. The summed E-state index contributed by atoms with van der Waals surface area (Å²) in [7, 11) is 0. The summed E-state index contributed by atoms with van der Waals surface area (Å²) in [6.45, 7) is 6.03. The zero-order chi connectivity index (χ0) is 34.6. The summed E-state index contributed by atoms with van der Waals surface area (Å²) in [5.74, 6) is -11.3. The van der Waals surface area contributed by atoms with Crippen LogP contribution < -0.4 is 0 Å². The van der Waals surface area contributed by atoms with Crippen molar-refractivity contribution in [2.24, 2.45) is 11.3 Å². The highest BCUT2D eigenvalue weighted by Crippen LogP contribution is 2.48. The molecule has 0 saturated carbocycles. The lowest BCUT2D eigenvalue weighted by Gasteiger charge is -2.45. The SMILES string of the molecule is CCCCCCC(C(=O)O)C(O)(C(=O)O)C(CCCCCC)(CCCCCC)C(=O)O.O=C(O)CC(O)(CC(=O)O)C(=O)O. The fraction of sp³-hybridized carbons (Fsp3) is 0.800. The quantitative estimate of drug-likeness (QED) is 0.0652. The maximum absolute atomic E-state index is 12.6. The van der Waals surface area contributed by atoms with Crippen molar-refractivity contribution in [3.05, 3.63) is 0 Å². The number of hydrogen-bond acceptors (Lipinski definition) is 8. The van der Waals surface area contributed by atoms with Crippen molar-refractivity contribution in [2.75, 3.05) is 0 Å². The van der Waals surface area contributed by atoms with Gasteiger partial charge in [-0.1, -0.05) is 97.8 Å². The molecule has 8 N–H and O–H groups in total. The molecular weight excluding hydrogens is 584 g/mol. The minimum absolute atomic E-state index is 0.0456. The highest BCUT2D eigenvalue weighted by molar-refractivity contribution is 5.93. The molecule has 0 aliphatic carbocycles. The third-order valence-electron chi connectivity index (χ3n) is 7.81. The van der Waals surface area contributed by atoms with E-state index in [1.807, 2.05) is 20.8 Å². The van der Waals surface area contributed by atoms with Gasteiger partial charge in [-0.3, -0.25) is 19.2 Å². The van der Waals surface area contributed by atoms with Crippen LogP contribution in [-0.2, 0) is 28.8 Å². The van der Waals surface area contributed by atoms with Gasteiger partial charge in [-0.25, -0.2) is 9.59 Å². The van der Waals surface area contributed by atoms with Gasteiger partial charge in [0.15, 0.2) is 11.2 Å². The Morgan fingerprint density at radius 2 is 0.909 bits per heavy atom. The first-order chi connectivity index (χ1) is 20.4. The summed E-state index contributed by atoms with van der Waals surface area (Å²) in [4.78, 5) is 67.6. The average Bonchev–Trinajstić information content (AvgIpc) is 2.90. The van der Waals surface area contributed by atoms with Crippen LogP contribution in [0.25, 0.3) is 0 Å². The number of carboxylic acid groups (broad SMARTS) is 6. The first kappa shape index (κ1) is 42.9. The first-order valence-corrected chi connectivity index (χ1v) is 15.2. The van der Waals surface area contributed by atoms with Crippen LogP contribution in [-0.4, -0.2) is 87.9 Å². The van der Waals surface area contributed by atoms with Gasteiger partial charge in [-0.2, -0.15) is 0 Å². The summed E-state index contributed by atoms with van der Waals surface area (Å²) in [5, 5.41) is 75.5. The van der Waals surface area contributed by atoms with E-state index in [9.17, 15) is 49.2 Å². The molecule has 0 rings (SSSR count). The standard InChI is InChI=1S/C24H44O7.C6H8O7/c1-4-7-10-13-16-19(20(25)26)24(31,22(29)30)23(21(27)28,17-14-11-8-5-2)18-15-12-9-6-3;7-3(8)1-6(13,5(11)12)2-4(9)10/h19,31H,4-18H2,1-3H3,(H,25,26)(H,27,28)(H,29,30);13H,1-2H2,(H,7,8)(H,9,10)(H,11,12). The Hall–Kier alpha value is -3.26. The second kappa shape index (κ2) is 21.4. The van der Waals surface area contributed by atoms with Gasteiger partial charge in [-0.05, 0) is 19.3 Å². The summed E-state index contributed by atoms with van der Waals surface area (Å²) in [6.07, 6.45) is 6.39. The lowest BCUT2D eigenvalue weighted by Crippen LogP contribution is -2.64. The van der Waals surface area contributed by atoms with Gasteiger partial charge in [0, 0.05) is 0 Å². The number of unbranched alkanes of at least 4 members (excludes halogenated alkanes) is 9. The van der Waals surface area contributed by atoms with E-state index < -0.39 is 71.2 Å². The smallest absolute Gasteiger partial charge is 0.337 e. The van der Waals surface area contributed by atoms with Crippen LogP contribution in [0.4, 0.5) is 0 Å². The van der Waals surface area contributed by atoms with Crippen molar-refractivity contribution in [3.63, 3.8) is 0 Å². The van der Waals surface area contributed by atoms with Crippen molar-refractivity contribution in [1.29, 1.82) is 0 Å². The number of rotatable bonds is 25. The number of carboxylic acids is 6. The van der Waals surface area contributed by atoms with Gasteiger partial charge in [-0.15, -0.1) is 0 Å². The van der Waals surface area contributed by atoms with Crippen molar-refractivity contribution >= 4 is 35.8 Å². The van der Waals surface area contributed by atoms with Gasteiger partial charge in [0.25, 0.3) is 0 Å². The molecule has 0 aliphatic heterocycles. The Kier molecular flexibility index (Phi) is 20.9. The number of aliphatic hydroxyl groups is 2. The van der Waals surface area contributed by atoms with E-state index in [1.54, 1.807) is 0 Å². The number of hydrogen-bond donors (Lipinski definition) is 8. The Balaban J connectivity index is 0. The Morgan fingerprint density at radius 1 is 0.523 bits per heavy atom. The van der Waals surface area contributed by atoms with Gasteiger partial charge in [0.05, 0.1) is 18.8 Å². The molecule has 0 aromatic rings. The highest BCUT2D eigenvalue weighted by atomic mass is 16.4. The molecule has 0 fully saturated rings. The number of carbonyl (C=O) groups is 6. The molecule has 44 heavy (non-hydrogen) atoms. The summed E-state index contributed by atoms with van der Waals surface area (Å²) < 4.78 is 0. The van der Waals surface area contributed by atoms with E-state index in [1.165, 1.54) is 0 Å². The molecule has 2 atom stereocenters. The minimum Gasteiger partial charge on any atom is -0.481 e. The van der Waals surface area contributed by atoms with Crippen molar-refractivity contribution in [3.8, 4) is 0 Å². The maximum Gasteiger partial charge on any atom is 0.337 e. The Labute approximate surface area is 258 Å². The van der Waals surface area contributed by atoms with E-state index in [-0.39, 0.29) is 19.3 Å².